The number of phenolic OH excluding ortho intramolecular Hbond substituents is 2. The van der Waals surface area contributed by atoms with Crippen LogP contribution in [0.15, 0.2) is 79.0 Å². The number of phenols is 2. The van der Waals surface area contributed by atoms with E-state index in [4.69, 9.17) is 5.73 Å². The smallest absolute Gasteiger partial charge is 0.326 e. The molecular formula is C35H41N5O7. The van der Waals surface area contributed by atoms with Crippen molar-refractivity contribution in [2.75, 3.05) is 0 Å². The summed E-state index contributed by atoms with van der Waals surface area (Å²) in [5, 5.41) is 38.1. The van der Waals surface area contributed by atoms with Crippen molar-refractivity contribution in [3.8, 4) is 11.5 Å². The first-order chi connectivity index (χ1) is 22.4. The minimum Gasteiger partial charge on any atom is -0.508 e. The Labute approximate surface area is 272 Å². The zero-order valence-electron chi connectivity index (χ0n) is 26.3. The van der Waals surface area contributed by atoms with E-state index < -0.39 is 47.9 Å². The monoisotopic (exact) mass is 643 g/mol. The molecule has 0 bridgehead atoms. The number of hydrogen-bond donors (Lipinski definition) is 8. The highest BCUT2D eigenvalue weighted by Gasteiger charge is 2.31. The Morgan fingerprint density at radius 3 is 1.74 bits per heavy atom. The highest BCUT2D eigenvalue weighted by Crippen LogP contribution is 2.20. The van der Waals surface area contributed by atoms with E-state index in [1.54, 1.807) is 30.5 Å². The minimum atomic E-state index is -1.34. The Hall–Kier alpha value is -5.36. The number of rotatable bonds is 15. The molecule has 248 valence electrons. The molecule has 12 nitrogen and oxygen atoms in total. The number of para-hydroxylation sites is 1. The average molecular weight is 644 g/mol. The quantitative estimate of drug-likeness (QED) is 0.0963. The molecule has 0 aliphatic rings. The van der Waals surface area contributed by atoms with Crippen molar-refractivity contribution in [2.45, 2.75) is 63.7 Å². The molecule has 4 aromatic rings. The van der Waals surface area contributed by atoms with Crippen molar-refractivity contribution < 1.29 is 34.5 Å². The summed E-state index contributed by atoms with van der Waals surface area (Å²) in [4.78, 5) is 56.1. The minimum absolute atomic E-state index is 0.0138. The number of fused-ring (bicyclic) bond motifs is 1. The van der Waals surface area contributed by atoms with Gasteiger partial charge in [0.1, 0.15) is 29.6 Å². The number of carbonyl (C=O) groups is 4. The zero-order valence-corrected chi connectivity index (χ0v) is 26.3. The molecule has 0 radical (unpaired) electrons. The van der Waals surface area contributed by atoms with Crippen LogP contribution in [0.1, 0.15) is 37.0 Å². The molecule has 12 heteroatoms. The molecule has 3 aromatic carbocycles. The molecule has 1 heterocycles. The fraction of sp³-hybridized carbons (Fsp3) is 0.314. The first kappa shape index (κ1) is 34.5. The van der Waals surface area contributed by atoms with E-state index in [0.717, 1.165) is 10.9 Å². The SMILES string of the molecule is CC(C)CC(N)C(=O)NC(Cc1ccc(O)cc1)C(=O)NC(Cc1c[nH]c2ccccc12)C(=O)NC(Cc1ccc(O)cc1)C(=O)O. The van der Waals surface area contributed by atoms with E-state index in [1.165, 1.54) is 24.3 Å². The summed E-state index contributed by atoms with van der Waals surface area (Å²) in [7, 11) is 0. The molecule has 9 N–H and O–H groups in total. The van der Waals surface area contributed by atoms with E-state index in [9.17, 15) is 34.5 Å². The van der Waals surface area contributed by atoms with E-state index >= 15 is 0 Å². The van der Waals surface area contributed by atoms with E-state index in [1.807, 2.05) is 38.1 Å². The third kappa shape index (κ3) is 9.81. The summed E-state index contributed by atoms with van der Waals surface area (Å²) in [6, 6.07) is 15.0. The fourth-order valence-electron chi connectivity index (χ4n) is 5.31. The molecule has 47 heavy (non-hydrogen) atoms. The van der Waals surface area contributed by atoms with Gasteiger partial charge in [0.15, 0.2) is 0 Å². The number of H-pyrrole nitrogens is 1. The number of carboxylic acids is 1. The average Bonchev–Trinajstić information content (AvgIpc) is 3.44. The maximum absolute atomic E-state index is 13.9. The number of hydrogen-bond acceptors (Lipinski definition) is 7. The topological polar surface area (TPSA) is 207 Å². The number of carbonyl (C=O) groups excluding carboxylic acids is 3. The molecular weight excluding hydrogens is 602 g/mol. The van der Waals surface area contributed by atoms with Gasteiger partial charge in [-0.05, 0) is 59.4 Å². The summed E-state index contributed by atoms with van der Waals surface area (Å²) in [6.07, 6.45) is 2.10. The molecule has 0 saturated heterocycles. The van der Waals surface area contributed by atoms with Gasteiger partial charge in [-0.1, -0.05) is 56.3 Å². The van der Waals surface area contributed by atoms with Gasteiger partial charge >= 0.3 is 5.97 Å². The normalized spacial score (nSPS) is 13.8. The lowest BCUT2D eigenvalue weighted by molar-refractivity contribution is -0.142. The maximum atomic E-state index is 13.9. The fourth-order valence-corrected chi connectivity index (χ4v) is 5.31. The van der Waals surface area contributed by atoms with Gasteiger partial charge in [-0.15, -0.1) is 0 Å². The maximum Gasteiger partial charge on any atom is 0.326 e. The molecule has 0 spiro atoms. The standard InChI is InChI=1S/C35H41N5O7/c1-20(2)15-27(36)32(43)38-29(16-21-7-11-24(41)12-8-21)33(44)39-30(18-23-19-37-28-6-4-3-5-26(23)28)34(45)40-31(35(46)47)17-22-9-13-25(42)14-10-22/h3-14,19-20,27,29-31,37,41-42H,15-18,36H2,1-2H3,(H,38,43)(H,39,44)(H,40,45)(H,46,47). The van der Waals surface area contributed by atoms with Crippen LogP contribution >= 0.6 is 0 Å². The Balaban J connectivity index is 1.61. The molecule has 1 aromatic heterocycles. The zero-order chi connectivity index (χ0) is 34.1. The van der Waals surface area contributed by atoms with Crippen molar-refractivity contribution in [3.05, 3.63) is 95.7 Å². The number of carboxylic acid groups (broad SMARTS) is 1. The van der Waals surface area contributed by atoms with Gasteiger partial charge in [0.05, 0.1) is 6.04 Å². The van der Waals surface area contributed by atoms with Crippen LogP contribution in [0.3, 0.4) is 0 Å². The highest BCUT2D eigenvalue weighted by molar-refractivity contribution is 5.95. The Bertz CT molecular complexity index is 1680. The molecule has 4 rings (SSSR count). The molecule has 0 saturated carbocycles. The number of aromatic hydroxyl groups is 2. The molecule has 4 atom stereocenters. The number of benzene rings is 3. The van der Waals surface area contributed by atoms with Crippen LogP contribution < -0.4 is 21.7 Å². The summed E-state index contributed by atoms with van der Waals surface area (Å²) < 4.78 is 0. The number of aromatic nitrogens is 1. The van der Waals surface area contributed by atoms with Gasteiger partial charge in [-0.2, -0.15) is 0 Å². The molecule has 3 amide bonds. The van der Waals surface area contributed by atoms with Crippen LogP contribution in [-0.4, -0.2) is 68.2 Å². The lowest BCUT2D eigenvalue weighted by atomic mass is 10.00. The van der Waals surface area contributed by atoms with Crippen molar-refractivity contribution >= 4 is 34.6 Å². The molecule has 0 aliphatic heterocycles. The second-order valence-corrected chi connectivity index (χ2v) is 12.1. The first-order valence-corrected chi connectivity index (χ1v) is 15.4. The number of amides is 3. The lowest BCUT2D eigenvalue weighted by Gasteiger charge is -2.26. The first-order valence-electron chi connectivity index (χ1n) is 15.4. The summed E-state index contributed by atoms with van der Waals surface area (Å²) in [5.41, 5.74) is 8.85. The van der Waals surface area contributed by atoms with Gasteiger partial charge in [-0.3, -0.25) is 14.4 Å². The van der Waals surface area contributed by atoms with Crippen LogP contribution in [0, 0.1) is 5.92 Å². The number of aromatic amines is 1. The Kier molecular flexibility index (Phi) is 11.6. The van der Waals surface area contributed by atoms with Gasteiger partial charge in [0.25, 0.3) is 0 Å². The second kappa shape index (κ2) is 15.8. The van der Waals surface area contributed by atoms with Crippen molar-refractivity contribution in [1.29, 1.82) is 0 Å². The summed E-state index contributed by atoms with van der Waals surface area (Å²) in [5.74, 6) is -3.03. The third-order valence-electron chi connectivity index (χ3n) is 7.79. The van der Waals surface area contributed by atoms with Crippen molar-refractivity contribution in [2.24, 2.45) is 11.7 Å². The lowest BCUT2D eigenvalue weighted by Crippen LogP contribution is -2.58. The van der Waals surface area contributed by atoms with E-state index in [2.05, 4.69) is 20.9 Å². The number of nitrogens with two attached hydrogens (primary N) is 1. The largest absolute Gasteiger partial charge is 0.508 e. The van der Waals surface area contributed by atoms with E-state index in [-0.39, 0.29) is 36.7 Å². The molecule has 0 aliphatic carbocycles. The van der Waals surface area contributed by atoms with Crippen LogP contribution in [0.25, 0.3) is 10.9 Å². The van der Waals surface area contributed by atoms with Gasteiger partial charge < -0.3 is 42.0 Å². The van der Waals surface area contributed by atoms with Crippen molar-refractivity contribution in [3.63, 3.8) is 0 Å². The Morgan fingerprint density at radius 2 is 1.19 bits per heavy atom. The van der Waals surface area contributed by atoms with Gasteiger partial charge in [0.2, 0.25) is 17.7 Å². The number of nitrogens with one attached hydrogen (secondary N) is 4. The summed E-state index contributed by atoms with van der Waals surface area (Å²) in [6.45, 7) is 3.85. The summed E-state index contributed by atoms with van der Waals surface area (Å²) >= 11 is 0. The van der Waals surface area contributed by atoms with E-state index in [0.29, 0.717) is 23.1 Å². The van der Waals surface area contributed by atoms with Crippen LogP contribution in [0.4, 0.5) is 0 Å². The van der Waals surface area contributed by atoms with Gasteiger partial charge in [-0.25, -0.2) is 4.79 Å². The predicted octanol–water partition coefficient (Wildman–Crippen LogP) is 2.52. The third-order valence-corrected chi connectivity index (χ3v) is 7.79. The number of aliphatic carboxylic acids is 1. The second-order valence-electron chi connectivity index (χ2n) is 12.1. The van der Waals surface area contributed by atoms with Gasteiger partial charge in [0, 0.05) is 36.4 Å². The highest BCUT2D eigenvalue weighted by atomic mass is 16.4. The van der Waals surface area contributed by atoms with Crippen LogP contribution in [0.5, 0.6) is 11.5 Å². The Morgan fingerprint density at radius 1 is 0.702 bits per heavy atom. The van der Waals surface area contributed by atoms with Crippen molar-refractivity contribution in [1.82, 2.24) is 20.9 Å². The van der Waals surface area contributed by atoms with Crippen LogP contribution in [-0.2, 0) is 38.4 Å². The predicted molar refractivity (Wildman–Crippen MR) is 176 cm³/mol. The molecule has 4 unspecified atom stereocenters. The van der Waals surface area contributed by atoms with Crippen LogP contribution in [0.2, 0.25) is 0 Å². The molecule has 0 fully saturated rings.